The SMILES string of the molecule is OCc1cc(Br)ccc1OCc1ccc(Cl)s1. The Balaban J connectivity index is 2.08. The van der Waals surface area contributed by atoms with Crippen LogP contribution in [0.1, 0.15) is 10.4 Å². The molecule has 2 nitrogen and oxygen atoms in total. The molecule has 0 aliphatic heterocycles. The quantitative estimate of drug-likeness (QED) is 0.907. The highest BCUT2D eigenvalue weighted by Gasteiger charge is 2.05. The molecule has 1 N–H and O–H groups in total. The molecule has 1 heterocycles. The highest BCUT2D eigenvalue weighted by molar-refractivity contribution is 9.10. The number of thiophene rings is 1. The molecule has 17 heavy (non-hydrogen) atoms. The predicted octanol–water partition coefficient (Wildman–Crippen LogP) is 4.24. The van der Waals surface area contributed by atoms with Crippen LogP contribution < -0.4 is 4.74 Å². The molecule has 5 heteroatoms. The van der Waals surface area contributed by atoms with E-state index in [-0.39, 0.29) is 6.61 Å². The number of aliphatic hydroxyl groups is 1. The second kappa shape index (κ2) is 5.87. The van der Waals surface area contributed by atoms with Gasteiger partial charge in [-0.05, 0) is 30.3 Å². The second-order valence-electron chi connectivity index (χ2n) is 3.40. The summed E-state index contributed by atoms with van der Waals surface area (Å²) in [7, 11) is 0. The van der Waals surface area contributed by atoms with E-state index in [0.717, 1.165) is 19.2 Å². The van der Waals surface area contributed by atoms with E-state index in [2.05, 4.69) is 15.9 Å². The van der Waals surface area contributed by atoms with Gasteiger partial charge in [-0.15, -0.1) is 11.3 Å². The third-order valence-corrected chi connectivity index (χ3v) is 3.89. The third-order valence-electron chi connectivity index (χ3n) is 2.19. The average Bonchev–Trinajstić information content (AvgIpc) is 2.73. The highest BCUT2D eigenvalue weighted by Crippen LogP contribution is 2.26. The van der Waals surface area contributed by atoms with Gasteiger partial charge in [0.2, 0.25) is 0 Å². The van der Waals surface area contributed by atoms with Crippen molar-refractivity contribution in [2.45, 2.75) is 13.2 Å². The lowest BCUT2D eigenvalue weighted by molar-refractivity contribution is 0.260. The van der Waals surface area contributed by atoms with Crippen LogP contribution in [0.4, 0.5) is 0 Å². The first-order valence-electron chi connectivity index (χ1n) is 4.95. The smallest absolute Gasteiger partial charge is 0.125 e. The molecule has 0 amide bonds. The lowest BCUT2D eigenvalue weighted by Gasteiger charge is -2.09. The number of hydrogen-bond donors (Lipinski definition) is 1. The summed E-state index contributed by atoms with van der Waals surface area (Å²) in [5.41, 5.74) is 0.766. The molecule has 1 aromatic heterocycles. The summed E-state index contributed by atoms with van der Waals surface area (Å²) >= 11 is 10.7. The summed E-state index contributed by atoms with van der Waals surface area (Å²) < 4.78 is 7.33. The molecule has 1 aromatic carbocycles. The summed E-state index contributed by atoms with van der Waals surface area (Å²) in [6.07, 6.45) is 0. The molecule has 0 spiro atoms. The van der Waals surface area contributed by atoms with Gasteiger partial charge in [0.1, 0.15) is 12.4 Å². The van der Waals surface area contributed by atoms with Crippen molar-refractivity contribution in [2.75, 3.05) is 0 Å². The first-order chi connectivity index (χ1) is 8.19. The van der Waals surface area contributed by atoms with Crippen LogP contribution in [0.3, 0.4) is 0 Å². The van der Waals surface area contributed by atoms with Crippen LogP contribution >= 0.6 is 38.9 Å². The van der Waals surface area contributed by atoms with E-state index in [1.54, 1.807) is 0 Å². The molecule has 0 fully saturated rings. The zero-order valence-corrected chi connectivity index (χ0v) is 12.0. The molecule has 0 aliphatic rings. The van der Waals surface area contributed by atoms with Gasteiger partial charge in [0.05, 0.1) is 10.9 Å². The number of aliphatic hydroxyl groups excluding tert-OH is 1. The fourth-order valence-corrected chi connectivity index (χ4v) is 2.80. The largest absolute Gasteiger partial charge is 0.488 e. The van der Waals surface area contributed by atoms with Gasteiger partial charge in [-0.3, -0.25) is 0 Å². The second-order valence-corrected chi connectivity index (χ2v) is 6.12. The first-order valence-corrected chi connectivity index (χ1v) is 6.94. The number of hydrogen-bond acceptors (Lipinski definition) is 3. The Hall–Kier alpha value is -0.550. The van der Waals surface area contributed by atoms with Crippen molar-refractivity contribution in [3.8, 4) is 5.75 Å². The Kier molecular flexibility index (Phi) is 4.45. The molecule has 90 valence electrons. The maximum Gasteiger partial charge on any atom is 0.125 e. The number of benzene rings is 1. The van der Waals surface area contributed by atoms with Gasteiger partial charge in [0.15, 0.2) is 0 Å². The minimum atomic E-state index is -0.0417. The van der Waals surface area contributed by atoms with E-state index in [1.807, 2.05) is 30.3 Å². The average molecular weight is 334 g/mol. The Morgan fingerprint density at radius 1 is 1.29 bits per heavy atom. The van der Waals surface area contributed by atoms with E-state index in [0.29, 0.717) is 12.4 Å². The molecule has 0 aliphatic carbocycles. The Morgan fingerprint density at radius 3 is 2.76 bits per heavy atom. The van der Waals surface area contributed by atoms with Crippen molar-refractivity contribution in [2.24, 2.45) is 0 Å². The number of halogens is 2. The van der Waals surface area contributed by atoms with Crippen LogP contribution in [0.2, 0.25) is 4.34 Å². The Bertz CT molecular complexity index is 513. The molecule has 0 atom stereocenters. The summed E-state index contributed by atoms with van der Waals surface area (Å²) in [6, 6.07) is 9.35. The van der Waals surface area contributed by atoms with E-state index >= 15 is 0 Å². The van der Waals surface area contributed by atoms with Crippen molar-refractivity contribution in [1.29, 1.82) is 0 Å². The molecular formula is C12H10BrClO2S. The normalized spacial score (nSPS) is 10.5. The van der Waals surface area contributed by atoms with Gasteiger partial charge in [-0.2, -0.15) is 0 Å². The lowest BCUT2D eigenvalue weighted by atomic mass is 10.2. The van der Waals surface area contributed by atoms with Crippen molar-refractivity contribution < 1.29 is 9.84 Å². The van der Waals surface area contributed by atoms with Gasteiger partial charge >= 0.3 is 0 Å². The topological polar surface area (TPSA) is 29.5 Å². The summed E-state index contributed by atoms with van der Waals surface area (Å²) in [6.45, 7) is 0.423. The molecular weight excluding hydrogens is 324 g/mol. The van der Waals surface area contributed by atoms with Gasteiger partial charge in [0.25, 0.3) is 0 Å². The minimum Gasteiger partial charge on any atom is -0.488 e. The van der Waals surface area contributed by atoms with Gasteiger partial charge in [0, 0.05) is 14.9 Å². The molecule has 2 rings (SSSR count). The van der Waals surface area contributed by atoms with Crippen molar-refractivity contribution in [3.63, 3.8) is 0 Å². The van der Waals surface area contributed by atoms with Gasteiger partial charge < -0.3 is 9.84 Å². The molecule has 0 unspecified atom stereocenters. The van der Waals surface area contributed by atoms with Crippen molar-refractivity contribution in [1.82, 2.24) is 0 Å². The van der Waals surface area contributed by atoms with E-state index < -0.39 is 0 Å². The Morgan fingerprint density at radius 2 is 2.12 bits per heavy atom. The van der Waals surface area contributed by atoms with Gasteiger partial charge in [-0.25, -0.2) is 0 Å². The van der Waals surface area contributed by atoms with E-state index in [4.69, 9.17) is 16.3 Å². The standard InChI is InChI=1S/C12H10BrClO2S/c13-9-1-3-11(8(5-9)6-15)16-7-10-2-4-12(14)17-10/h1-5,15H,6-7H2. The molecule has 2 aromatic rings. The number of ether oxygens (including phenoxy) is 1. The molecule has 0 bridgehead atoms. The molecule has 0 radical (unpaired) electrons. The maximum atomic E-state index is 9.22. The lowest BCUT2D eigenvalue weighted by Crippen LogP contribution is -1.97. The third kappa shape index (κ3) is 3.45. The first kappa shape index (κ1) is 12.9. The monoisotopic (exact) mass is 332 g/mol. The minimum absolute atomic E-state index is 0.0417. The van der Waals surface area contributed by atoms with E-state index in [1.165, 1.54) is 11.3 Å². The van der Waals surface area contributed by atoms with Crippen LogP contribution in [0.15, 0.2) is 34.8 Å². The predicted molar refractivity (Wildman–Crippen MR) is 73.7 cm³/mol. The maximum absolute atomic E-state index is 9.22. The van der Waals surface area contributed by atoms with Crippen LogP contribution in [0.25, 0.3) is 0 Å². The molecule has 0 saturated carbocycles. The fraction of sp³-hybridized carbons (Fsp3) is 0.167. The van der Waals surface area contributed by atoms with Crippen LogP contribution in [0, 0.1) is 0 Å². The van der Waals surface area contributed by atoms with Crippen LogP contribution in [-0.4, -0.2) is 5.11 Å². The summed E-state index contributed by atoms with van der Waals surface area (Å²) in [5.74, 6) is 0.695. The van der Waals surface area contributed by atoms with E-state index in [9.17, 15) is 5.11 Å². The fourth-order valence-electron chi connectivity index (χ4n) is 1.39. The Labute approximate surface area is 117 Å². The van der Waals surface area contributed by atoms with Gasteiger partial charge in [-0.1, -0.05) is 27.5 Å². The highest BCUT2D eigenvalue weighted by atomic mass is 79.9. The van der Waals surface area contributed by atoms with Crippen molar-refractivity contribution in [3.05, 3.63) is 49.6 Å². The van der Waals surface area contributed by atoms with Crippen LogP contribution in [0.5, 0.6) is 5.75 Å². The summed E-state index contributed by atoms with van der Waals surface area (Å²) in [4.78, 5) is 1.06. The zero-order chi connectivity index (χ0) is 12.3. The summed E-state index contributed by atoms with van der Waals surface area (Å²) in [5, 5.41) is 9.22. The molecule has 0 saturated heterocycles. The zero-order valence-electron chi connectivity index (χ0n) is 8.82. The van der Waals surface area contributed by atoms with Crippen molar-refractivity contribution >= 4 is 38.9 Å². The number of rotatable bonds is 4. The van der Waals surface area contributed by atoms with Crippen LogP contribution in [-0.2, 0) is 13.2 Å².